The summed E-state index contributed by atoms with van der Waals surface area (Å²) < 4.78 is 35.1. The molecule has 8 heteroatoms. The topological polar surface area (TPSA) is 74.7 Å². The molecule has 3 atom stereocenters. The van der Waals surface area contributed by atoms with Crippen molar-refractivity contribution in [3.8, 4) is 11.1 Å². The summed E-state index contributed by atoms with van der Waals surface area (Å²) in [4.78, 5) is 19.9. The van der Waals surface area contributed by atoms with Gasteiger partial charge < -0.3 is 20.1 Å². The second kappa shape index (κ2) is 9.11. The van der Waals surface area contributed by atoms with E-state index in [9.17, 15) is 18.7 Å². The number of hydrogen-bond acceptors (Lipinski definition) is 5. The Kier molecular flexibility index (Phi) is 5.78. The molecule has 2 saturated heterocycles. The van der Waals surface area contributed by atoms with Crippen LogP contribution in [0.5, 0.6) is 0 Å². The number of ether oxygens (including phenoxy) is 1. The number of fused-ring (bicyclic) bond motifs is 2. The number of rotatable bonds is 5. The lowest BCUT2D eigenvalue weighted by Gasteiger charge is -2.20. The molecule has 6 rings (SSSR count). The molecule has 0 radical (unpaired) electrons. The number of carbonyl (C=O) groups excluding carboxylic acids is 1. The maximum Gasteiger partial charge on any atom is 0.254 e. The average Bonchev–Trinajstić information content (AvgIpc) is 3.61. The smallest absolute Gasteiger partial charge is 0.254 e. The van der Waals surface area contributed by atoms with Gasteiger partial charge in [-0.1, -0.05) is 18.2 Å². The molecule has 2 N–H and O–H groups in total. The predicted octanol–water partition coefficient (Wildman–Crippen LogP) is 4.55. The van der Waals surface area contributed by atoms with Gasteiger partial charge in [-0.3, -0.25) is 4.79 Å². The second-order valence-corrected chi connectivity index (χ2v) is 9.44. The van der Waals surface area contributed by atoms with E-state index >= 15 is 0 Å². The van der Waals surface area contributed by atoms with Crippen LogP contribution in [0.2, 0.25) is 0 Å². The predicted molar refractivity (Wildman–Crippen MR) is 132 cm³/mol. The molecule has 2 aromatic carbocycles. The summed E-state index contributed by atoms with van der Waals surface area (Å²) in [5.41, 5.74) is 2.82. The van der Waals surface area contributed by atoms with E-state index in [0.29, 0.717) is 18.5 Å². The van der Waals surface area contributed by atoms with E-state index in [1.807, 2.05) is 17.0 Å². The van der Waals surface area contributed by atoms with Crippen LogP contribution in [0.1, 0.15) is 24.8 Å². The van der Waals surface area contributed by atoms with Crippen molar-refractivity contribution < 1.29 is 23.4 Å². The van der Waals surface area contributed by atoms with E-state index in [1.165, 1.54) is 24.3 Å². The molecule has 1 aromatic heterocycles. The molecular formula is C28H25F2N3O3. The SMILES string of the molecule is O=C(Nc1ccc(-c2ccccc2F)c(F)c1)C1=C(c2ccnc(N3CC[C@H](O)C3)c2)[C@@H]2CC[C@H]1O2. The molecule has 3 aromatic rings. The maximum atomic E-state index is 14.9. The highest BCUT2D eigenvalue weighted by molar-refractivity contribution is 6.11. The summed E-state index contributed by atoms with van der Waals surface area (Å²) in [5.74, 6) is -0.722. The summed E-state index contributed by atoms with van der Waals surface area (Å²) in [6, 6.07) is 14.0. The first-order valence-electron chi connectivity index (χ1n) is 12.1. The van der Waals surface area contributed by atoms with Crippen molar-refractivity contribution in [2.45, 2.75) is 37.6 Å². The minimum atomic E-state index is -0.622. The third kappa shape index (κ3) is 4.06. The number of pyridine rings is 1. The van der Waals surface area contributed by atoms with E-state index in [1.54, 1.807) is 24.4 Å². The van der Waals surface area contributed by atoms with Crippen LogP contribution in [0, 0.1) is 11.6 Å². The summed E-state index contributed by atoms with van der Waals surface area (Å²) in [6.07, 6.45) is 3.10. The Morgan fingerprint density at radius 3 is 2.58 bits per heavy atom. The molecule has 36 heavy (non-hydrogen) atoms. The van der Waals surface area contributed by atoms with Gasteiger partial charge in [0.05, 0.1) is 23.9 Å². The summed E-state index contributed by atoms with van der Waals surface area (Å²) >= 11 is 0. The quantitative estimate of drug-likeness (QED) is 0.550. The van der Waals surface area contributed by atoms with Crippen molar-refractivity contribution in [1.82, 2.24) is 4.98 Å². The first-order chi connectivity index (χ1) is 17.5. The van der Waals surface area contributed by atoms with Gasteiger partial charge in [-0.05, 0) is 66.8 Å². The fourth-order valence-corrected chi connectivity index (χ4v) is 5.42. The van der Waals surface area contributed by atoms with Gasteiger partial charge in [-0.2, -0.15) is 0 Å². The number of anilines is 2. The zero-order valence-electron chi connectivity index (χ0n) is 19.5. The minimum Gasteiger partial charge on any atom is -0.391 e. The third-order valence-corrected chi connectivity index (χ3v) is 7.13. The number of aliphatic hydroxyl groups is 1. The molecule has 4 heterocycles. The number of benzene rings is 2. The van der Waals surface area contributed by atoms with Gasteiger partial charge in [0.15, 0.2) is 0 Å². The fourth-order valence-electron chi connectivity index (χ4n) is 5.42. The van der Waals surface area contributed by atoms with Crippen molar-refractivity contribution in [3.05, 3.63) is 83.6 Å². The molecule has 0 saturated carbocycles. The molecule has 2 bridgehead atoms. The summed E-state index contributed by atoms with van der Waals surface area (Å²) in [6.45, 7) is 1.25. The Morgan fingerprint density at radius 1 is 1.00 bits per heavy atom. The third-order valence-electron chi connectivity index (χ3n) is 7.13. The zero-order valence-corrected chi connectivity index (χ0v) is 19.5. The first kappa shape index (κ1) is 22.8. The lowest BCUT2D eigenvalue weighted by atomic mass is 9.87. The molecule has 6 nitrogen and oxygen atoms in total. The summed E-state index contributed by atoms with van der Waals surface area (Å²) in [5, 5.41) is 12.7. The van der Waals surface area contributed by atoms with E-state index in [4.69, 9.17) is 4.74 Å². The van der Waals surface area contributed by atoms with Gasteiger partial charge in [-0.15, -0.1) is 0 Å². The van der Waals surface area contributed by atoms with Gasteiger partial charge in [0, 0.05) is 36.1 Å². The molecule has 184 valence electrons. The van der Waals surface area contributed by atoms with Gasteiger partial charge in [-0.25, -0.2) is 13.8 Å². The number of β-amino-alcohol motifs (C(OH)–C–C–N with tert-alkyl or cyclic N) is 1. The first-order valence-corrected chi connectivity index (χ1v) is 12.1. The number of hydrogen-bond donors (Lipinski definition) is 2. The van der Waals surface area contributed by atoms with Crippen molar-refractivity contribution in [2.24, 2.45) is 0 Å². The number of carbonyl (C=O) groups is 1. The lowest BCUT2D eigenvalue weighted by molar-refractivity contribution is -0.113. The van der Waals surface area contributed by atoms with Gasteiger partial charge >= 0.3 is 0 Å². The fraction of sp³-hybridized carbons (Fsp3) is 0.286. The van der Waals surface area contributed by atoms with E-state index in [0.717, 1.165) is 36.3 Å². The van der Waals surface area contributed by atoms with Crippen molar-refractivity contribution in [1.29, 1.82) is 0 Å². The standard InChI is InChI=1S/C28H25F2N3O3/c29-21-4-2-1-3-19(21)20-6-5-17(14-22(20)30)32-28(35)27-24-8-7-23(36-24)26(27)16-9-11-31-25(13-16)33-12-10-18(34)15-33/h1-6,9,11,13-14,18,23-24,34H,7-8,10,12,15H2,(H,32,35)/t18-,23-,24+/m0/s1. The maximum absolute atomic E-state index is 14.9. The molecule has 1 amide bonds. The normalized spacial score (nSPS) is 23.0. The Bertz CT molecular complexity index is 1380. The highest BCUT2D eigenvalue weighted by Gasteiger charge is 2.44. The van der Waals surface area contributed by atoms with Crippen LogP contribution in [0.25, 0.3) is 16.7 Å². The highest BCUT2D eigenvalue weighted by atomic mass is 19.1. The second-order valence-electron chi connectivity index (χ2n) is 9.44. The molecule has 3 aliphatic heterocycles. The van der Waals surface area contributed by atoms with Crippen molar-refractivity contribution >= 4 is 23.0 Å². The summed E-state index contributed by atoms with van der Waals surface area (Å²) in [7, 11) is 0. The van der Waals surface area contributed by atoms with Gasteiger partial charge in [0.2, 0.25) is 0 Å². The minimum absolute atomic E-state index is 0.130. The van der Waals surface area contributed by atoms with Crippen LogP contribution in [0.15, 0.2) is 66.4 Å². The van der Waals surface area contributed by atoms with Crippen LogP contribution in [-0.4, -0.2) is 47.4 Å². The van der Waals surface area contributed by atoms with Crippen molar-refractivity contribution in [3.63, 3.8) is 0 Å². The molecule has 2 fully saturated rings. The van der Waals surface area contributed by atoms with Crippen LogP contribution >= 0.6 is 0 Å². The Labute approximate surface area is 207 Å². The average molecular weight is 490 g/mol. The number of aliphatic hydroxyl groups excluding tert-OH is 1. The van der Waals surface area contributed by atoms with E-state index < -0.39 is 11.6 Å². The molecule has 0 aliphatic carbocycles. The van der Waals surface area contributed by atoms with Crippen LogP contribution < -0.4 is 10.2 Å². The number of nitrogens with one attached hydrogen (secondary N) is 1. The number of halogens is 2. The molecular weight excluding hydrogens is 464 g/mol. The van der Waals surface area contributed by atoms with E-state index in [-0.39, 0.29) is 41.0 Å². The van der Waals surface area contributed by atoms with Gasteiger partial charge in [0.25, 0.3) is 5.91 Å². The molecule has 0 spiro atoms. The molecule has 3 aliphatic rings. The lowest BCUT2D eigenvalue weighted by Crippen LogP contribution is -2.24. The zero-order chi connectivity index (χ0) is 24.8. The number of aromatic nitrogens is 1. The molecule has 0 unspecified atom stereocenters. The van der Waals surface area contributed by atoms with Crippen LogP contribution in [0.3, 0.4) is 0 Å². The Morgan fingerprint density at radius 2 is 1.81 bits per heavy atom. The van der Waals surface area contributed by atoms with Crippen LogP contribution in [0.4, 0.5) is 20.3 Å². The van der Waals surface area contributed by atoms with Crippen molar-refractivity contribution in [2.75, 3.05) is 23.3 Å². The Balaban J connectivity index is 1.29. The number of nitrogens with zero attached hydrogens (tertiary/aromatic N) is 2. The van der Waals surface area contributed by atoms with Gasteiger partial charge in [0.1, 0.15) is 17.5 Å². The van der Waals surface area contributed by atoms with E-state index in [2.05, 4.69) is 10.3 Å². The number of amides is 1. The Hall–Kier alpha value is -3.62. The van der Waals surface area contributed by atoms with Crippen LogP contribution in [-0.2, 0) is 9.53 Å². The highest BCUT2D eigenvalue weighted by Crippen LogP contribution is 2.45. The largest absolute Gasteiger partial charge is 0.391 e. The monoisotopic (exact) mass is 489 g/mol.